The van der Waals surface area contributed by atoms with E-state index in [0.29, 0.717) is 11.4 Å². The molecule has 1 N–H and O–H groups in total. The van der Waals surface area contributed by atoms with Crippen LogP contribution in [0.1, 0.15) is 15.9 Å². The van der Waals surface area contributed by atoms with Gasteiger partial charge in [-0.05, 0) is 36.8 Å². The Labute approximate surface area is 117 Å². The number of amides is 1. The first-order valence-corrected chi connectivity index (χ1v) is 6.19. The average Bonchev–Trinajstić information content (AvgIpc) is 2.41. The van der Waals surface area contributed by atoms with Gasteiger partial charge in [-0.1, -0.05) is 6.07 Å². The van der Waals surface area contributed by atoms with Crippen LogP contribution in [0.3, 0.4) is 0 Å². The fourth-order valence-corrected chi connectivity index (χ4v) is 1.84. The van der Waals surface area contributed by atoms with Crippen molar-refractivity contribution in [3.05, 3.63) is 53.5 Å². The zero-order valence-corrected chi connectivity index (χ0v) is 11.6. The van der Waals surface area contributed by atoms with Crippen LogP contribution in [-0.2, 0) is 0 Å². The van der Waals surface area contributed by atoms with E-state index in [0.717, 1.165) is 5.56 Å². The zero-order chi connectivity index (χ0) is 14.7. The van der Waals surface area contributed by atoms with Crippen LogP contribution in [0.5, 0.6) is 0 Å². The first kappa shape index (κ1) is 14.0. The Bertz CT molecular complexity index is 641. The Morgan fingerprint density at radius 2 is 2.05 bits per heavy atom. The predicted molar refractivity (Wildman–Crippen MR) is 77.7 cm³/mol. The van der Waals surface area contributed by atoms with Crippen molar-refractivity contribution in [2.45, 2.75) is 6.92 Å². The van der Waals surface area contributed by atoms with Gasteiger partial charge in [0.25, 0.3) is 5.91 Å². The van der Waals surface area contributed by atoms with Gasteiger partial charge in [-0.15, -0.1) is 0 Å². The number of halogens is 1. The van der Waals surface area contributed by atoms with Crippen molar-refractivity contribution in [3.8, 4) is 0 Å². The van der Waals surface area contributed by atoms with Crippen molar-refractivity contribution in [3.63, 3.8) is 0 Å². The number of nitrogens with one attached hydrogen (secondary N) is 1. The number of pyridine rings is 1. The summed E-state index contributed by atoms with van der Waals surface area (Å²) in [6, 6.07) is 8.01. The summed E-state index contributed by atoms with van der Waals surface area (Å²) in [5, 5.41) is 2.57. The lowest BCUT2D eigenvalue weighted by Gasteiger charge is -2.15. The van der Waals surface area contributed by atoms with E-state index in [2.05, 4.69) is 10.3 Å². The lowest BCUT2D eigenvalue weighted by molar-refractivity contribution is 0.102. The van der Waals surface area contributed by atoms with Gasteiger partial charge in [-0.25, -0.2) is 9.37 Å². The third-order valence-electron chi connectivity index (χ3n) is 2.83. The molecule has 0 aliphatic heterocycles. The summed E-state index contributed by atoms with van der Waals surface area (Å²) in [6.07, 6.45) is 1.61. The van der Waals surface area contributed by atoms with Crippen LogP contribution in [0.4, 0.5) is 15.9 Å². The van der Waals surface area contributed by atoms with Gasteiger partial charge in [-0.3, -0.25) is 4.79 Å². The van der Waals surface area contributed by atoms with Crippen molar-refractivity contribution in [2.75, 3.05) is 24.3 Å². The van der Waals surface area contributed by atoms with E-state index in [1.54, 1.807) is 56.4 Å². The van der Waals surface area contributed by atoms with Crippen molar-refractivity contribution in [1.82, 2.24) is 4.98 Å². The van der Waals surface area contributed by atoms with Gasteiger partial charge >= 0.3 is 0 Å². The summed E-state index contributed by atoms with van der Waals surface area (Å²) < 4.78 is 13.7. The Hall–Kier alpha value is -2.43. The SMILES string of the molecule is Cc1ccc(NC(=O)c2cccnc2N(C)C)c(F)c1. The normalized spacial score (nSPS) is 10.2. The molecule has 2 rings (SSSR count). The summed E-state index contributed by atoms with van der Waals surface area (Å²) >= 11 is 0. The van der Waals surface area contributed by atoms with Crippen LogP contribution in [0.2, 0.25) is 0 Å². The molecule has 20 heavy (non-hydrogen) atoms. The maximum Gasteiger partial charge on any atom is 0.259 e. The highest BCUT2D eigenvalue weighted by Gasteiger charge is 2.15. The lowest BCUT2D eigenvalue weighted by Crippen LogP contribution is -2.20. The molecule has 1 aromatic heterocycles. The molecule has 5 heteroatoms. The van der Waals surface area contributed by atoms with Crippen LogP contribution in [0, 0.1) is 12.7 Å². The van der Waals surface area contributed by atoms with Crippen molar-refractivity contribution in [1.29, 1.82) is 0 Å². The van der Waals surface area contributed by atoms with Crippen LogP contribution in [-0.4, -0.2) is 25.0 Å². The fourth-order valence-electron chi connectivity index (χ4n) is 1.84. The molecule has 0 unspecified atom stereocenters. The molecule has 0 radical (unpaired) electrons. The van der Waals surface area contributed by atoms with E-state index in [9.17, 15) is 9.18 Å². The number of benzene rings is 1. The van der Waals surface area contributed by atoms with Crippen molar-refractivity contribution >= 4 is 17.4 Å². The molecular weight excluding hydrogens is 257 g/mol. The first-order chi connectivity index (χ1) is 9.49. The highest BCUT2D eigenvalue weighted by atomic mass is 19.1. The summed E-state index contributed by atoms with van der Waals surface area (Å²) in [5.74, 6) is -0.296. The van der Waals surface area contributed by atoms with Gasteiger partial charge in [0.05, 0.1) is 11.3 Å². The quantitative estimate of drug-likeness (QED) is 0.935. The maximum absolute atomic E-state index is 13.7. The number of aromatic nitrogens is 1. The Morgan fingerprint density at radius 1 is 1.30 bits per heavy atom. The molecule has 0 aliphatic rings. The standard InChI is InChI=1S/C15H16FN3O/c1-10-6-7-13(12(16)9-10)18-15(20)11-5-4-8-17-14(11)19(2)3/h4-9H,1-3H3,(H,18,20). The number of hydrogen-bond acceptors (Lipinski definition) is 3. The number of carbonyl (C=O) groups excluding carboxylic acids is 1. The molecular formula is C15H16FN3O. The molecule has 0 atom stereocenters. The van der Waals surface area contributed by atoms with E-state index in [1.165, 1.54) is 6.07 Å². The largest absolute Gasteiger partial charge is 0.362 e. The molecule has 104 valence electrons. The summed E-state index contributed by atoms with van der Waals surface area (Å²) in [5.41, 5.74) is 1.36. The lowest BCUT2D eigenvalue weighted by atomic mass is 10.2. The van der Waals surface area contributed by atoms with Crippen LogP contribution in [0.15, 0.2) is 36.5 Å². The van der Waals surface area contributed by atoms with Gasteiger partial charge in [-0.2, -0.15) is 0 Å². The Kier molecular flexibility index (Phi) is 3.98. The minimum atomic E-state index is -0.450. The number of rotatable bonds is 3. The molecule has 0 saturated carbocycles. The average molecular weight is 273 g/mol. The van der Waals surface area contributed by atoms with E-state index < -0.39 is 5.82 Å². The van der Waals surface area contributed by atoms with Crippen LogP contribution in [0.25, 0.3) is 0 Å². The van der Waals surface area contributed by atoms with E-state index in [4.69, 9.17) is 0 Å². The molecule has 0 bridgehead atoms. The first-order valence-electron chi connectivity index (χ1n) is 6.19. The second-order valence-corrected chi connectivity index (χ2v) is 4.71. The maximum atomic E-state index is 13.7. The smallest absolute Gasteiger partial charge is 0.259 e. The molecule has 4 nitrogen and oxygen atoms in total. The van der Waals surface area contributed by atoms with Gasteiger partial charge in [0.2, 0.25) is 0 Å². The molecule has 1 amide bonds. The van der Waals surface area contributed by atoms with E-state index in [-0.39, 0.29) is 11.6 Å². The summed E-state index contributed by atoms with van der Waals surface area (Å²) in [4.78, 5) is 18.1. The molecule has 1 heterocycles. The van der Waals surface area contributed by atoms with Gasteiger partial charge in [0.1, 0.15) is 11.6 Å². The number of aryl methyl sites for hydroxylation is 1. The van der Waals surface area contributed by atoms with Gasteiger partial charge < -0.3 is 10.2 Å². The minimum absolute atomic E-state index is 0.161. The highest BCUT2D eigenvalue weighted by Crippen LogP contribution is 2.19. The van der Waals surface area contributed by atoms with E-state index in [1.807, 2.05) is 0 Å². The zero-order valence-electron chi connectivity index (χ0n) is 11.6. The van der Waals surface area contributed by atoms with Gasteiger partial charge in [0, 0.05) is 20.3 Å². The number of hydrogen-bond donors (Lipinski definition) is 1. The second kappa shape index (κ2) is 5.69. The topological polar surface area (TPSA) is 45.2 Å². The number of anilines is 2. The van der Waals surface area contributed by atoms with Gasteiger partial charge in [0.15, 0.2) is 0 Å². The van der Waals surface area contributed by atoms with Crippen LogP contribution < -0.4 is 10.2 Å². The second-order valence-electron chi connectivity index (χ2n) is 4.71. The molecule has 0 aliphatic carbocycles. The van der Waals surface area contributed by atoms with E-state index >= 15 is 0 Å². The predicted octanol–water partition coefficient (Wildman–Crippen LogP) is 2.85. The van der Waals surface area contributed by atoms with Crippen LogP contribution >= 0.6 is 0 Å². The molecule has 0 saturated heterocycles. The molecule has 0 fully saturated rings. The minimum Gasteiger partial charge on any atom is -0.362 e. The molecule has 0 spiro atoms. The molecule has 1 aromatic carbocycles. The fraction of sp³-hybridized carbons (Fsp3) is 0.200. The summed E-state index contributed by atoms with van der Waals surface area (Å²) in [7, 11) is 3.59. The number of nitrogens with zero attached hydrogens (tertiary/aromatic N) is 2. The monoisotopic (exact) mass is 273 g/mol. The third kappa shape index (κ3) is 2.93. The summed E-state index contributed by atoms with van der Waals surface area (Å²) in [6.45, 7) is 1.79. The third-order valence-corrected chi connectivity index (χ3v) is 2.83. The number of carbonyl (C=O) groups is 1. The van der Waals surface area contributed by atoms with Crippen molar-refractivity contribution in [2.24, 2.45) is 0 Å². The Balaban J connectivity index is 2.29. The molecule has 2 aromatic rings. The highest BCUT2D eigenvalue weighted by molar-refractivity contribution is 6.07. The Morgan fingerprint density at radius 3 is 2.70 bits per heavy atom. The van der Waals surface area contributed by atoms with Crippen molar-refractivity contribution < 1.29 is 9.18 Å².